The molecule has 0 radical (unpaired) electrons. The van der Waals surface area contributed by atoms with Gasteiger partial charge in [0.15, 0.2) is 0 Å². The third-order valence-corrected chi connectivity index (χ3v) is 4.47. The van der Waals surface area contributed by atoms with Crippen LogP contribution in [-0.2, 0) is 10.0 Å². The van der Waals surface area contributed by atoms with Crippen LogP contribution in [0.4, 0.5) is 10.8 Å². The summed E-state index contributed by atoms with van der Waals surface area (Å²) >= 11 is 0.862. The van der Waals surface area contributed by atoms with Crippen LogP contribution in [0.5, 0.6) is 0 Å². The van der Waals surface area contributed by atoms with Crippen molar-refractivity contribution in [3.63, 3.8) is 0 Å². The number of hydrogen-bond donors (Lipinski definition) is 2. The molecule has 0 amide bonds. The van der Waals surface area contributed by atoms with Gasteiger partial charge in [-0.05, 0) is 42.3 Å². The molecule has 0 spiro atoms. The van der Waals surface area contributed by atoms with Gasteiger partial charge in [-0.1, -0.05) is 9.59 Å². The van der Waals surface area contributed by atoms with Crippen molar-refractivity contribution in [3.05, 3.63) is 23.3 Å². The van der Waals surface area contributed by atoms with Crippen LogP contribution in [0.3, 0.4) is 0 Å². The quantitative estimate of drug-likeness (QED) is 0.812. The Kier molecular flexibility index (Phi) is 3.18. The van der Waals surface area contributed by atoms with Crippen molar-refractivity contribution in [1.29, 1.82) is 0 Å². The Hall–Kier alpha value is -1.74. The number of aryl methyl sites for hydroxylation is 1. The van der Waals surface area contributed by atoms with Gasteiger partial charge in [-0.3, -0.25) is 4.72 Å². The average molecular weight is 285 g/mol. The fraction of sp³-hybridized carbons (Fsp3) is 0.222. The van der Waals surface area contributed by atoms with Gasteiger partial charge in [-0.25, -0.2) is 8.42 Å². The molecule has 0 aliphatic heterocycles. The molecule has 96 valence electrons. The second kappa shape index (κ2) is 4.50. The zero-order chi connectivity index (χ0) is 13.3. The standard InChI is InChI=1S/C9H11N5O2S2/c1-5-3-7(4-8(10)6(5)2)18(15,16)12-9-11-13-14-17-9/h3-4H,10H2,1-2H3,(H,11,12,14). The van der Waals surface area contributed by atoms with Gasteiger partial charge in [0.05, 0.1) is 4.90 Å². The SMILES string of the molecule is Cc1cc(S(=O)(=O)Nc2nnns2)cc(N)c1C. The predicted molar refractivity (Wildman–Crippen MR) is 68.8 cm³/mol. The number of sulfonamides is 1. The molecule has 0 fully saturated rings. The summed E-state index contributed by atoms with van der Waals surface area (Å²) in [5.41, 5.74) is 7.88. The van der Waals surface area contributed by atoms with Crippen LogP contribution < -0.4 is 10.5 Å². The van der Waals surface area contributed by atoms with Gasteiger partial charge < -0.3 is 5.73 Å². The highest BCUT2D eigenvalue weighted by molar-refractivity contribution is 7.93. The molecule has 0 saturated carbocycles. The minimum atomic E-state index is -3.71. The van der Waals surface area contributed by atoms with Gasteiger partial charge in [-0.2, -0.15) is 0 Å². The minimum absolute atomic E-state index is 0.0956. The molecule has 0 aliphatic rings. The average Bonchev–Trinajstić information content (AvgIpc) is 2.77. The molecular formula is C9H11N5O2S2. The fourth-order valence-corrected chi connectivity index (χ4v) is 3.06. The monoisotopic (exact) mass is 285 g/mol. The van der Waals surface area contributed by atoms with Crippen molar-refractivity contribution in [1.82, 2.24) is 14.8 Å². The van der Waals surface area contributed by atoms with Crippen molar-refractivity contribution >= 4 is 32.4 Å². The Morgan fingerprint density at radius 2 is 2.06 bits per heavy atom. The molecule has 0 atom stereocenters. The first kappa shape index (κ1) is 12.7. The highest BCUT2D eigenvalue weighted by atomic mass is 32.2. The molecule has 9 heteroatoms. The number of nitrogen functional groups attached to an aromatic ring is 1. The molecule has 3 N–H and O–H groups in total. The number of nitrogens with zero attached hydrogens (tertiary/aromatic N) is 3. The first-order valence-electron chi connectivity index (χ1n) is 4.95. The van der Waals surface area contributed by atoms with E-state index in [0.29, 0.717) is 5.69 Å². The first-order valence-corrected chi connectivity index (χ1v) is 7.20. The molecule has 2 rings (SSSR count). The molecule has 0 bridgehead atoms. The topological polar surface area (TPSA) is 111 Å². The Balaban J connectivity index is 2.42. The largest absolute Gasteiger partial charge is 0.398 e. The molecule has 0 aliphatic carbocycles. The molecule has 0 unspecified atom stereocenters. The Morgan fingerprint density at radius 1 is 1.33 bits per heavy atom. The molecule has 18 heavy (non-hydrogen) atoms. The summed E-state index contributed by atoms with van der Waals surface area (Å²) in [6, 6.07) is 2.97. The number of benzene rings is 1. The smallest absolute Gasteiger partial charge is 0.263 e. The lowest BCUT2D eigenvalue weighted by Gasteiger charge is -2.09. The van der Waals surface area contributed by atoms with E-state index in [-0.39, 0.29) is 10.0 Å². The van der Waals surface area contributed by atoms with E-state index in [1.165, 1.54) is 6.07 Å². The summed E-state index contributed by atoms with van der Waals surface area (Å²) in [7, 11) is -3.71. The second-order valence-electron chi connectivity index (χ2n) is 3.73. The Morgan fingerprint density at radius 3 is 2.61 bits per heavy atom. The number of nitrogens with two attached hydrogens (primary N) is 1. The zero-order valence-electron chi connectivity index (χ0n) is 9.71. The van der Waals surface area contributed by atoms with E-state index < -0.39 is 10.0 Å². The van der Waals surface area contributed by atoms with E-state index in [2.05, 4.69) is 19.5 Å². The molecule has 7 nitrogen and oxygen atoms in total. The maximum atomic E-state index is 12.1. The van der Waals surface area contributed by atoms with Gasteiger partial charge in [0.1, 0.15) is 0 Å². The van der Waals surface area contributed by atoms with E-state index in [4.69, 9.17) is 5.73 Å². The Bertz CT molecular complexity index is 643. The number of aromatic nitrogens is 3. The van der Waals surface area contributed by atoms with Crippen molar-refractivity contribution in [3.8, 4) is 0 Å². The van der Waals surface area contributed by atoms with E-state index in [1.807, 2.05) is 6.92 Å². The van der Waals surface area contributed by atoms with Crippen LogP contribution in [0.25, 0.3) is 0 Å². The van der Waals surface area contributed by atoms with E-state index >= 15 is 0 Å². The van der Waals surface area contributed by atoms with Crippen LogP contribution >= 0.6 is 11.5 Å². The lowest BCUT2D eigenvalue weighted by molar-refractivity contribution is 0.601. The molecule has 1 aromatic heterocycles. The normalized spacial score (nSPS) is 11.4. The van der Waals surface area contributed by atoms with Gasteiger partial charge in [0, 0.05) is 17.2 Å². The number of anilines is 2. The van der Waals surface area contributed by atoms with E-state index in [0.717, 1.165) is 22.7 Å². The Labute approximate surface area is 108 Å². The molecule has 1 aromatic carbocycles. The third kappa shape index (κ3) is 2.41. The van der Waals surface area contributed by atoms with Gasteiger partial charge in [0.2, 0.25) is 5.13 Å². The van der Waals surface area contributed by atoms with Gasteiger partial charge in [-0.15, -0.1) is 0 Å². The second-order valence-corrected chi connectivity index (χ2v) is 6.14. The minimum Gasteiger partial charge on any atom is -0.398 e. The van der Waals surface area contributed by atoms with E-state index in [1.54, 1.807) is 13.0 Å². The summed E-state index contributed by atoms with van der Waals surface area (Å²) in [6.45, 7) is 3.64. The molecule has 2 aromatic rings. The third-order valence-electron chi connectivity index (χ3n) is 2.51. The van der Waals surface area contributed by atoms with Crippen LogP contribution in [0.2, 0.25) is 0 Å². The van der Waals surface area contributed by atoms with Gasteiger partial charge in [0.25, 0.3) is 10.0 Å². The van der Waals surface area contributed by atoms with Crippen LogP contribution in [0, 0.1) is 13.8 Å². The highest BCUT2D eigenvalue weighted by Crippen LogP contribution is 2.23. The lowest BCUT2D eigenvalue weighted by atomic mass is 10.1. The summed E-state index contributed by atoms with van der Waals surface area (Å²) in [5, 5.41) is 6.96. The fourth-order valence-electron chi connectivity index (χ4n) is 1.35. The molecule has 0 saturated heterocycles. The number of rotatable bonds is 3. The van der Waals surface area contributed by atoms with Crippen LogP contribution in [0.1, 0.15) is 11.1 Å². The van der Waals surface area contributed by atoms with Crippen molar-refractivity contribution in [2.24, 2.45) is 0 Å². The highest BCUT2D eigenvalue weighted by Gasteiger charge is 2.18. The summed E-state index contributed by atoms with van der Waals surface area (Å²) in [6.07, 6.45) is 0. The van der Waals surface area contributed by atoms with Crippen LogP contribution in [-0.4, -0.2) is 23.2 Å². The zero-order valence-corrected chi connectivity index (χ0v) is 11.3. The van der Waals surface area contributed by atoms with Crippen LogP contribution in [0.15, 0.2) is 17.0 Å². The maximum absolute atomic E-state index is 12.1. The van der Waals surface area contributed by atoms with Crippen molar-refractivity contribution in [2.75, 3.05) is 10.5 Å². The van der Waals surface area contributed by atoms with Gasteiger partial charge >= 0.3 is 0 Å². The number of nitrogens with one attached hydrogen (secondary N) is 1. The predicted octanol–water partition coefficient (Wildman–Crippen LogP) is 0.933. The van der Waals surface area contributed by atoms with Crippen molar-refractivity contribution in [2.45, 2.75) is 18.7 Å². The summed E-state index contributed by atoms with van der Waals surface area (Å²) in [5.74, 6) is 0. The summed E-state index contributed by atoms with van der Waals surface area (Å²) in [4.78, 5) is 0.0956. The first-order chi connectivity index (χ1) is 8.40. The molecular weight excluding hydrogens is 274 g/mol. The number of hydrogen-bond acceptors (Lipinski definition) is 7. The van der Waals surface area contributed by atoms with Crippen molar-refractivity contribution < 1.29 is 8.42 Å². The molecule has 1 heterocycles. The maximum Gasteiger partial charge on any atom is 0.263 e. The summed E-state index contributed by atoms with van der Waals surface area (Å²) < 4.78 is 29.9. The van der Waals surface area contributed by atoms with E-state index in [9.17, 15) is 8.42 Å². The lowest BCUT2D eigenvalue weighted by Crippen LogP contribution is -2.13.